The third-order valence-electron chi connectivity index (χ3n) is 2.74. The van der Waals surface area contributed by atoms with Gasteiger partial charge in [0.1, 0.15) is 23.7 Å². The van der Waals surface area contributed by atoms with Crippen LogP contribution in [-0.4, -0.2) is 11.1 Å². The molecule has 1 N–H and O–H groups in total. The molecule has 5 heteroatoms. The zero-order valence-corrected chi connectivity index (χ0v) is 11.4. The van der Waals surface area contributed by atoms with E-state index in [2.05, 4.69) is 0 Å². The maximum Gasteiger partial charge on any atom is 0.339 e. The van der Waals surface area contributed by atoms with Crippen molar-refractivity contribution >= 4 is 17.6 Å². The fourth-order valence-corrected chi connectivity index (χ4v) is 1.84. The van der Waals surface area contributed by atoms with E-state index < -0.39 is 11.8 Å². The van der Waals surface area contributed by atoms with Gasteiger partial charge in [-0.05, 0) is 36.8 Å². The van der Waals surface area contributed by atoms with Crippen LogP contribution >= 0.6 is 11.6 Å². The highest BCUT2D eigenvalue weighted by Gasteiger charge is 2.12. The van der Waals surface area contributed by atoms with Crippen molar-refractivity contribution in [2.45, 2.75) is 13.5 Å². The first-order valence-electron chi connectivity index (χ1n) is 5.88. The lowest BCUT2D eigenvalue weighted by Crippen LogP contribution is -2.04. The Balaban J connectivity index is 2.18. The predicted octanol–water partition coefficient (Wildman–Crippen LogP) is 4.06. The summed E-state index contributed by atoms with van der Waals surface area (Å²) in [4.78, 5) is 11.1. The molecule has 0 fully saturated rings. The predicted molar refractivity (Wildman–Crippen MR) is 73.9 cm³/mol. The Hall–Kier alpha value is -2.07. The first-order chi connectivity index (χ1) is 9.47. The van der Waals surface area contributed by atoms with Crippen LogP contribution in [0.3, 0.4) is 0 Å². The molecule has 0 saturated carbocycles. The zero-order chi connectivity index (χ0) is 14.7. The van der Waals surface area contributed by atoms with Gasteiger partial charge in [0.05, 0.1) is 5.02 Å². The van der Waals surface area contributed by atoms with Crippen LogP contribution in [0, 0.1) is 12.7 Å². The van der Waals surface area contributed by atoms with Crippen LogP contribution in [-0.2, 0) is 6.61 Å². The molecule has 0 atom stereocenters. The van der Waals surface area contributed by atoms with Gasteiger partial charge >= 0.3 is 5.97 Å². The fourth-order valence-electron chi connectivity index (χ4n) is 1.73. The van der Waals surface area contributed by atoms with Crippen molar-refractivity contribution in [3.63, 3.8) is 0 Å². The minimum absolute atomic E-state index is 0.0373. The van der Waals surface area contributed by atoms with Crippen molar-refractivity contribution in [3.05, 3.63) is 63.9 Å². The number of aromatic carboxylic acids is 1. The molecular weight excluding hydrogens is 283 g/mol. The molecule has 0 saturated heterocycles. The average molecular weight is 295 g/mol. The number of carbonyl (C=O) groups is 1. The summed E-state index contributed by atoms with van der Waals surface area (Å²) in [5.41, 5.74) is 1.48. The molecule has 0 unspecified atom stereocenters. The summed E-state index contributed by atoms with van der Waals surface area (Å²) in [6.45, 7) is 1.86. The third kappa shape index (κ3) is 3.27. The lowest BCUT2D eigenvalue weighted by atomic mass is 10.1. The van der Waals surface area contributed by atoms with Crippen LogP contribution in [0.15, 0.2) is 36.4 Å². The minimum Gasteiger partial charge on any atom is -0.488 e. The maximum atomic E-state index is 13.3. The molecule has 2 aromatic carbocycles. The van der Waals surface area contributed by atoms with Crippen molar-refractivity contribution < 1.29 is 19.0 Å². The van der Waals surface area contributed by atoms with Gasteiger partial charge in [-0.15, -0.1) is 0 Å². The monoisotopic (exact) mass is 294 g/mol. The number of carboxylic acids is 1. The first-order valence-corrected chi connectivity index (χ1v) is 6.26. The van der Waals surface area contributed by atoms with E-state index in [4.69, 9.17) is 21.4 Å². The van der Waals surface area contributed by atoms with Gasteiger partial charge in [0.25, 0.3) is 0 Å². The molecular formula is C15H12ClFO3. The second kappa shape index (κ2) is 5.92. The second-order valence-electron chi connectivity index (χ2n) is 4.34. The van der Waals surface area contributed by atoms with Crippen LogP contribution in [0.2, 0.25) is 5.02 Å². The molecule has 2 aromatic rings. The molecule has 0 heterocycles. The normalized spacial score (nSPS) is 10.3. The number of ether oxygens (including phenoxy) is 1. The van der Waals surface area contributed by atoms with E-state index in [1.165, 1.54) is 18.2 Å². The number of carboxylic acid groups (broad SMARTS) is 1. The van der Waals surface area contributed by atoms with Gasteiger partial charge in [-0.1, -0.05) is 29.3 Å². The summed E-state index contributed by atoms with van der Waals surface area (Å²) in [5.74, 6) is -1.35. The summed E-state index contributed by atoms with van der Waals surface area (Å²) in [7, 11) is 0. The van der Waals surface area contributed by atoms with E-state index in [1.54, 1.807) is 25.1 Å². The molecule has 0 aliphatic carbocycles. The van der Waals surface area contributed by atoms with Crippen molar-refractivity contribution in [2.75, 3.05) is 0 Å². The number of rotatable bonds is 4. The number of halogens is 2. The third-order valence-corrected chi connectivity index (χ3v) is 3.05. The van der Waals surface area contributed by atoms with E-state index in [0.29, 0.717) is 5.56 Å². The smallest absolute Gasteiger partial charge is 0.339 e. The summed E-state index contributed by atoms with van der Waals surface area (Å²) < 4.78 is 18.7. The molecule has 2 rings (SSSR count). The Morgan fingerprint density at radius 3 is 2.70 bits per heavy atom. The minimum atomic E-state index is -1.06. The lowest BCUT2D eigenvalue weighted by Gasteiger charge is -2.10. The highest BCUT2D eigenvalue weighted by molar-refractivity contribution is 6.30. The Labute approximate surface area is 120 Å². The summed E-state index contributed by atoms with van der Waals surface area (Å²) in [6.07, 6.45) is 0. The average Bonchev–Trinajstić information content (AvgIpc) is 2.41. The van der Waals surface area contributed by atoms with E-state index in [0.717, 1.165) is 5.56 Å². The van der Waals surface area contributed by atoms with Gasteiger partial charge in [-0.3, -0.25) is 0 Å². The highest BCUT2D eigenvalue weighted by Crippen LogP contribution is 2.22. The zero-order valence-electron chi connectivity index (χ0n) is 10.7. The van der Waals surface area contributed by atoms with Gasteiger partial charge in [0.2, 0.25) is 0 Å². The number of benzene rings is 2. The molecule has 0 aliphatic rings. The quantitative estimate of drug-likeness (QED) is 0.925. The Bertz CT molecular complexity index is 656. The van der Waals surface area contributed by atoms with Crippen molar-refractivity contribution in [1.29, 1.82) is 0 Å². The van der Waals surface area contributed by atoms with Crippen molar-refractivity contribution in [2.24, 2.45) is 0 Å². The maximum absolute atomic E-state index is 13.3. The molecule has 0 spiro atoms. The summed E-state index contributed by atoms with van der Waals surface area (Å²) >= 11 is 5.59. The van der Waals surface area contributed by atoms with Gasteiger partial charge in [0.15, 0.2) is 0 Å². The SMILES string of the molecule is Cc1ccc(OCc2ccc(Cl)c(F)c2)c(C(=O)O)c1. The van der Waals surface area contributed by atoms with E-state index in [1.807, 2.05) is 0 Å². The molecule has 3 nitrogen and oxygen atoms in total. The lowest BCUT2D eigenvalue weighted by molar-refractivity contribution is 0.0691. The standard InChI is InChI=1S/C15H12ClFO3/c1-9-2-5-14(11(6-9)15(18)19)20-8-10-3-4-12(16)13(17)7-10/h2-7H,8H2,1H3,(H,18,19). The fraction of sp³-hybridized carbons (Fsp3) is 0.133. The second-order valence-corrected chi connectivity index (χ2v) is 4.75. The van der Waals surface area contributed by atoms with Crippen LogP contribution in [0.1, 0.15) is 21.5 Å². The van der Waals surface area contributed by atoms with Gasteiger partial charge in [0, 0.05) is 0 Å². The Kier molecular flexibility index (Phi) is 4.25. The highest BCUT2D eigenvalue weighted by atomic mass is 35.5. The summed E-state index contributed by atoms with van der Waals surface area (Å²) in [5, 5.41) is 9.15. The van der Waals surface area contributed by atoms with E-state index in [-0.39, 0.29) is 22.9 Å². The van der Waals surface area contributed by atoms with Crippen LogP contribution < -0.4 is 4.74 Å². The summed E-state index contributed by atoms with van der Waals surface area (Å²) in [6, 6.07) is 9.19. The van der Waals surface area contributed by atoms with Gasteiger partial charge in [-0.25, -0.2) is 9.18 Å². The van der Waals surface area contributed by atoms with Crippen LogP contribution in [0.25, 0.3) is 0 Å². The molecule has 0 radical (unpaired) electrons. The van der Waals surface area contributed by atoms with Crippen molar-refractivity contribution in [3.8, 4) is 5.75 Å². The molecule has 0 aromatic heterocycles. The van der Waals surface area contributed by atoms with Crippen LogP contribution in [0.5, 0.6) is 5.75 Å². The molecule has 0 bridgehead atoms. The number of hydrogen-bond donors (Lipinski definition) is 1. The van der Waals surface area contributed by atoms with E-state index in [9.17, 15) is 9.18 Å². The largest absolute Gasteiger partial charge is 0.488 e. The van der Waals surface area contributed by atoms with E-state index >= 15 is 0 Å². The Morgan fingerprint density at radius 2 is 2.05 bits per heavy atom. The molecule has 0 aliphatic heterocycles. The van der Waals surface area contributed by atoms with Crippen LogP contribution in [0.4, 0.5) is 4.39 Å². The molecule has 104 valence electrons. The number of aryl methyl sites for hydroxylation is 1. The number of hydrogen-bond acceptors (Lipinski definition) is 2. The first kappa shape index (κ1) is 14.3. The van der Waals surface area contributed by atoms with Crippen molar-refractivity contribution in [1.82, 2.24) is 0 Å². The molecule has 0 amide bonds. The van der Waals surface area contributed by atoms with Gasteiger partial charge < -0.3 is 9.84 Å². The molecule has 20 heavy (non-hydrogen) atoms. The topological polar surface area (TPSA) is 46.5 Å². The van der Waals surface area contributed by atoms with Gasteiger partial charge in [-0.2, -0.15) is 0 Å². The Morgan fingerprint density at radius 1 is 1.30 bits per heavy atom.